The summed E-state index contributed by atoms with van der Waals surface area (Å²) >= 11 is 9.06. The van der Waals surface area contributed by atoms with Gasteiger partial charge in [0.25, 0.3) is 0 Å². The number of aromatic nitrogens is 2. The zero-order valence-electron chi connectivity index (χ0n) is 8.61. The minimum Gasteiger partial charge on any atom is -0.398 e. The van der Waals surface area contributed by atoms with Gasteiger partial charge in [0.15, 0.2) is 4.34 Å². The fourth-order valence-electron chi connectivity index (χ4n) is 1.17. The van der Waals surface area contributed by atoms with Gasteiger partial charge in [-0.3, -0.25) is 0 Å². The Balaban J connectivity index is 2.04. The number of nitrogens with zero attached hydrogens (tertiary/aromatic N) is 2. The zero-order valence-corrected chi connectivity index (χ0v) is 11.0. The molecule has 2 aromatic rings. The smallest absolute Gasteiger partial charge is 0.174 e. The first-order valence-corrected chi connectivity index (χ1v) is 6.80. The molecule has 1 aromatic heterocycles. The number of hydrogen-bond acceptors (Lipinski definition) is 5. The molecule has 0 bridgehead atoms. The van der Waals surface area contributed by atoms with Crippen LogP contribution in [0.25, 0.3) is 0 Å². The fourth-order valence-corrected chi connectivity index (χ4v) is 3.18. The topological polar surface area (TPSA) is 51.8 Å². The van der Waals surface area contributed by atoms with E-state index in [2.05, 4.69) is 10.2 Å². The monoisotopic (exact) mass is 271 g/mol. The Morgan fingerprint density at radius 3 is 2.88 bits per heavy atom. The molecule has 0 aliphatic carbocycles. The van der Waals surface area contributed by atoms with Crippen LogP contribution in [0.1, 0.15) is 10.6 Å². The third-order valence-electron chi connectivity index (χ3n) is 1.97. The summed E-state index contributed by atoms with van der Waals surface area (Å²) in [6, 6.07) is 5.56. The highest BCUT2D eigenvalue weighted by atomic mass is 35.5. The molecule has 1 aromatic carbocycles. The fraction of sp³-hybridized carbons (Fsp3) is 0.200. The molecule has 0 spiro atoms. The molecule has 0 aliphatic heterocycles. The van der Waals surface area contributed by atoms with Gasteiger partial charge in [0.05, 0.1) is 0 Å². The second-order valence-corrected chi connectivity index (χ2v) is 6.06. The molecule has 1 heterocycles. The van der Waals surface area contributed by atoms with Crippen molar-refractivity contribution in [2.24, 2.45) is 0 Å². The van der Waals surface area contributed by atoms with Gasteiger partial charge in [0.2, 0.25) is 0 Å². The quantitative estimate of drug-likeness (QED) is 0.687. The molecule has 0 fully saturated rings. The SMILES string of the molecule is Cc1nnc(SCc2ccc(Cl)cc2N)s1. The van der Waals surface area contributed by atoms with Crippen LogP contribution in [-0.2, 0) is 5.75 Å². The first-order valence-electron chi connectivity index (χ1n) is 4.62. The predicted molar refractivity (Wildman–Crippen MR) is 70.1 cm³/mol. The molecular weight excluding hydrogens is 262 g/mol. The summed E-state index contributed by atoms with van der Waals surface area (Å²) in [5, 5.41) is 9.65. The molecule has 16 heavy (non-hydrogen) atoms. The number of rotatable bonds is 3. The Bertz CT molecular complexity index is 499. The van der Waals surface area contributed by atoms with E-state index in [1.54, 1.807) is 29.2 Å². The molecule has 0 unspecified atom stereocenters. The number of nitrogens with two attached hydrogens (primary N) is 1. The Labute approximate surface area is 107 Å². The lowest BCUT2D eigenvalue weighted by Crippen LogP contribution is -1.92. The van der Waals surface area contributed by atoms with E-state index in [-0.39, 0.29) is 0 Å². The zero-order chi connectivity index (χ0) is 11.5. The normalized spacial score (nSPS) is 10.6. The van der Waals surface area contributed by atoms with Gasteiger partial charge >= 0.3 is 0 Å². The van der Waals surface area contributed by atoms with E-state index >= 15 is 0 Å². The second kappa shape index (κ2) is 5.03. The van der Waals surface area contributed by atoms with Crippen LogP contribution in [0.2, 0.25) is 5.02 Å². The molecule has 0 aliphatic rings. The standard InChI is InChI=1S/C10H10ClN3S2/c1-6-13-14-10(16-6)15-5-7-2-3-8(11)4-9(7)12/h2-4H,5,12H2,1H3. The van der Waals surface area contributed by atoms with Crippen molar-refractivity contribution in [2.45, 2.75) is 17.0 Å². The van der Waals surface area contributed by atoms with E-state index in [0.717, 1.165) is 26.4 Å². The summed E-state index contributed by atoms with van der Waals surface area (Å²) < 4.78 is 0.965. The van der Waals surface area contributed by atoms with Crippen molar-refractivity contribution in [2.75, 3.05) is 5.73 Å². The van der Waals surface area contributed by atoms with Crippen molar-refractivity contribution in [3.63, 3.8) is 0 Å². The number of hydrogen-bond donors (Lipinski definition) is 1. The van der Waals surface area contributed by atoms with Crippen LogP contribution in [0.4, 0.5) is 5.69 Å². The van der Waals surface area contributed by atoms with E-state index in [0.29, 0.717) is 5.02 Å². The van der Waals surface area contributed by atoms with Gasteiger partial charge in [-0.05, 0) is 24.6 Å². The van der Waals surface area contributed by atoms with E-state index in [4.69, 9.17) is 17.3 Å². The Kier molecular flexibility index (Phi) is 3.68. The van der Waals surface area contributed by atoms with Gasteiger partial charge in [-0.2, -0.15) is 0 Å². The Hall–Kier alpha value is -0.780. The third-order valence-corrected chi connectivity index (χ3v) is 4.22. The van der Waals surface area contributed by atoms with Crippen LogP contribution in [0.5, 0.6) is 0 Å². The third kappa shape index (κ3) is 2.87. The molecule has 2 N–H and O–H groups in total. The maximum absolute atomic E-state index is 5.86. The van der Waals surface area contributed by atoms with Crippen molar-refractivity contribution < 1.29 is 0 Å². The van der Waals surface area contributed by atoms with Gasteiger partial charge in [0, 0.05) is 16.5 Å². The lowest BCUT2D eigenvalue weighted by molar-refractivity contribution is 0.983. The highest BCUT2D eigenvalue weighted by Gasteiger charge is 2.04. The van der Waals surface area contributed by atoms with Crippen molar-refractivity contribution in [3.05, 3.63) is 33.8 Å². The number of nitrogen functional groups attached to an aromatic ring is 1. The van der Waals surface area contributed by atoms with Crippen LogP contribution in [0, 0.1) is 6.92 Å². The molecule has 0 amide bonds. The van der Waals surface area contributed by atoms with Crippen LogP contribution in [-0.4, -0.2) is 10.2 Å². The maximum Gasteiger partial charge on any atom is 0.174 e. The van der Waals surface area contributed by atoms with Gasteiger partial charge < -0.3 is 5.73 Å². The first-order chi connectivity index (χ1) is 7.65. The van der Waals surface area contributed by atoms with Gasteiger partial charge in [0.1, 0.15) is 5.01 Å². The minimum atomic E-state index is 0.665. The molecule has 84 valence electrons. The molecule has 0 radical (unpaired) electrons. The highest BCUT2D eigenvalue weighted by Crippen LogP contribution is 2.28. The number of halogens is 1. The van der Waals surface area contributed by atoms with Crippen molar-refractivity contribution in [1.29, 1.82) is 0 Å². The first kappa shape index (κ1) is 11.7. The molecule has 6 heteroatoms. The molecule has 0 saturated heterocycles. The largest absolute Gasteiger partial charge is 0.398 e. The number of aryl methyl sites for hydroxylation is 1. The molecular formula is C10H10ClN3S2. The summed E-state index contributed by atoms with van der Waals surface area (Å²) in [6.45, 7) is 1.94. The summed E-state index contributed by atoms with van der Waals surface area (Å²) in [5.74, 6) is 0.789. The summed E-state index contributed by atoms with van der Waals surface area (Å²) in [6.07, 6.45) is 0. The summed E-state index contributed by atoms with van der Waals surface area (Å²) in [5.41, 5.74) is 7.66. The van der Waals surface area contributed by atoms with Gasteiger partial charge in [-0.15, -0.1) is 10.2 Å². The summed E-state index contributed by atoms with van der Waals surface area (Å²) in [7, 11) is 0. The number of thioether (sulfide) groups is 1. The second-order valence-electron chi connectivity index (χ2n) is 3.22. The van der Waals surface area contributed by atoms with Crippen LogP contribution in [0.3, 0.4) is 0 Å². The summed E-state index contributed by atoms with van der Waals surface area (Å²) in [4.78, 5) is 0. The van der Waals surface area contributed by atoms with Gasteiger partial charge in [-0.1, -0.05) is 40.8 Å². The molecule has 3 nitrogen and oxygen atoms in total. The van der Waals surface area contributed by atoms with Crippen LogP contribution >= 0.6 is 34.7 Å². The van der Waals surface area contributed by atoms with Crippen LogP contribution < -0.4 is 5.73 Å². The van der Waals surface area contributed by atoms with Crippen LogP contribution in [0.15, 0.2) is 22.5 Å². The molecule has 0 atom stereocenters. The maximum atomic E-state index is 5.86. The Morgan fingerprint density at radius 1 is 1.44 bits per heavy atom. The van der Waals surface area contributed by atoms with E-state index in [9.17, 15) is 0 Å². The van der Waals surface area contributed by atoms with Gasteiger partial charge in [-0.25, -0.2) is 0 Å². The molecule has 0 saturated carbocycles. The average molecular weight is 272 g/mol. The molecule has 2 rings (SSSR count). The average Bonchev–Trinajstić information content (AvgIpc) is 2.63. The minimum absolute atomic E-state index is 0.665. The van der Waals surface area contributed by atoms with Crippen molar-refractivity contribution in [3.8, 4) is 0 Å². The lowest BCUT2D eigenvalue weighted by atomic mass is 10.2. The number of anilines is 1. The van der Waals surface area contributed by atoms with Crippen molar-refractivity contribution >= 4 is 40.4 Å². The van der Waals surface area contributed by atoms with E-state index < -0.39 is 0 Å². The van der Waals surface area contributed by atoms with E-state index in [1.807, 2.05) is 19.1 Å². The van der Waals surface area contributed by atoms with Crippen molar-refractivity contribution in [1.82, 2.24) is 10.2 Å². The predicted octanol–water partition coefficient (Wildman–Crippen LogP) is 3.37. The lowest BCUT2D eigenvalue weighted by Gasteiger charge is -2.03. The Morgan fingerprint density at radius 2 is 2.25 bits per heavy atom. The number of benzene rings is 1. The van der Waals surface area contributed by atoms with E-state index in [1.165, 1.54) is 0 Å². The highest BCUT2D eigenvalue weighted by molar-refractivity contribution is 8.00.